The molecule has 5 rings (SSSR count). The van der Waals surface area contributed by atoms with Crippen LogP contribution in [0.5, 0.6) is 0 Å². The van der Waals surface area contributed by atoms with Crippen LogP contribution in [0.3, 0.4) is 0 Å². The normalized spacial score (nSPS) is 16.2. The molecule has 6 heteroatoms. The van der Waals surface area contributed by atoms with Gasteiger partial charge in [-0.15, -0.1) is 0 Å². The first-order valence-electron chi connectivity index (χ1n) is 10.1. The number of aliphatic hydroxyl groups excluding tert-OH is 1. The highest BCUT2D eigenvalue weighted by Gasteiger charge is 2.44. The van der Waals surface area contributed by atoms with Crippen LogP contribution in [-0.2, 0) is 11.3 Å². The minimum absolute atomic E-state index is 0.0167. The van der Waals surface area contributed by atoms with Crippen molar-refractivity contribution in [2.75, 3.05) is 0 Å². The number of nitrogens with zero attached hydrogens (tertiary/aromatic N) is 1. The Morgan fingerprint density at radius 3 is 2.47 bits per heavy atom. The van der Waals surface area contributed by atoms with E-state index in [9.17, 15) is 14.7 Å². The molecule has 2 heterocycles. The Morgan fingerprint density at radius 1 is 0.969 bits per heavy atom. The average Bonchev–Trinajstić information content (AvgIpc) is 3.34. The first-order chi connectivity index (χ1) is 15.5. The third-order valence-corrected chi connectivity index (χ3v) is 6.05. The highest BCUT2D eigenvalue weighted by molar-refractivity contribution is 9.10. The van der Waals surface area contributed by atoms with Gasteiger partial charge in [0.25, 0.3) is 5.91 Å². The molecule has 0 aliphatic carbocycles. The van der Waals surface area contributed by atoms with Gasteiger partial charge in [0.15, 0.2) is 11.5 Å². The second-order valence-electron chi connectivity index (χ2n) is 7.62. The van der Waals surface area contributed by atoms with Gasteiger partial charge in [0, 0.05) is 16.4 Å². The number of aliphatic hydroxyl groups is 1. The molecule has 0 fully saturated rings. The Morgan fingerprint density at radius 2 is 1.72 bits per heavy atom. The molecule has 0 saturated heterocycles. The molecule has 4 aromatic rings. The van der Waals surface area contributed by atoms with Crippen molar-refractivity contribution in [1.82, 2.24) is 4.90 Å². The van der Waals surface area contributed by atoms with Gasteiger partial charge in [-0.25, -0.2) is 0 Å². The van der Waals surface area contributed by atoms with Gasteiger partial charge in [0.2, 0.25) is 5.78 Å². The van der Waals surface area contributed by atoms with Crippen molar-refractivity contribution < 1.29 is 19.1 Å². The Kier molecular flexibility index (Phi) is 5.15. The van der Waals surface area contributed by atoms with Crippen molar-refractivity contribution in [1.29, 1.82) is 0 Å². The van der Waals surface area contributed by atoms with E-state index in [4.69, 9.17) is 4.42 Å². The molecule has 1 aliphatic heterocycles. The number of carbonyl (C=O) groups excluding carboxylic acids is 2. The van der Waals surface area contributed by atoms with Gasteiger partial charge in [0.05, 0.1) is 11.6 Å². The van der Waals surface area contributed by atoms with Crippen molar-refractivity contribution in [3.63, 3.8) is 0 Å². The van der Waals surface area contributed by atoms with Crippen molar-refractivity contribution in [2.45, 2.75) is 12.6 Å². The summed E-state index contributed by atoms with van der Waals surface area (Å²) in [5, 5.41) is 11.6. The van der Waals surface area contributed by atoms with Crippen molar-refractivity contribution in [2.24, 2.45) is 0 Å². The summed E-state index contributed by atoms with van der Waals surface area (Å²) in [5.41, 5.74) is 2.20. The van der Waals surface area contributed by atoms with Gasteiger partial charge < -0.3 is 14.4 Å². The van der Waals surface area contributed by atoms with Crippen molar-refractivity contribution in [3.8, 4) is 0 Å². The van der Waals surface area contributed by atoms with Crippen LogP contribution in [0.4, 0.5) is 0 Å². The van der Waals surface area contributed by atoms with Crippen LogP contribution in [0, 0.1) is 0 Å². The van der Waals surface area contributed by atoms with E-state index < -0.39 is 23.5 Å². The maximum absolute atomic E-state index is 13.5. The molecule has 0 radical (unpaired) electrons. The van der Waals surface area contributed by atoms with Crippen LogP contribution >= 0.6 is 15.9 Å². The molecule has 1 aliphatic rings. The Hall–Kier alpha value is -3.64. The van der Waals surface area contributed by atoms with Crippen molar-refractivity contribution in [3.05, 3.63) is 118 Å². The number of carbonyl (C=O) groups is 2. The molecule has 5 nitrogen and oxygen atoms in total. The smallest absolute Gasteiger partial charge is 0.290 e. The number of fused-ring (bicyclic) bond motifs is 1. The van der Waals surface area contributed by atoms with E-state index in [2.05, 4.69) is 15.9 Å². The molecule has 0 saturated carbocycles. The van der Waals surface area contributed by atoms with E-state index in [1.807, 2.05) is 72.8 Å². The SMILES string of the molecule is O=C(C1=C(O)C(=O)N(Cc2ccccc2)C1c1cccc(Br)c1)c1cc2ccccc2o1. The van der Waals surface area contributed by atoms with E-state index in [-0.39, 0.29) is 17.9 Å². The standard InChI is InChI=1S/C26H18BrNO4/c27-19-11-6-10-18(13-19)23-22(24(29)21-14-17-9-4-5-12-20(17)32-21)25(30)26(31)28(23)15-16-7-2-1-3-8-16/h1-14,23,30H,15H2. The van der Waals surface area contributed by atoms with Crippen LogP contribution in [0.2, 0.25) is 0 Å². The fourth-order valence-corrected chi connectivity index (χ4v) is 4.50. The molecular formula is C26H18BrNO4. The Labute approximate surface area is 192 Å². The van der Waals surface area contributed by atoms with Gasteiger partial charge in [-0.1, -0.05) is 76.6 Å². The van der Waals surface area contributed by atoms with E-state index >= 15 is 0 Å². The summed E-state index contributed by atoms with van der Waals surface area (Å²) in [6.07, 6.45) is 0. The summed E-state index contributed by atoms with van der Waals surface area (Å²) in [6.45, 7) is 0.248. The molecule has 3 aromatic carbocycles. The predicted octanol–water partition coefficient (Wildman–Crippen LogP) is 5.97. The van der Waals surface area contributed by atoms with Crippen LogP contribution in [0.15, 0.2) is 105 Å². The summed E-state index contributed by atoms with van der Waals surface area (Å²) in [4.78, 5) is 28.2. The number of hydrogen-bond donors (Lipinski definition) is 1. The fourth-order valence-electron chi connectivity index (χ4n) is 4.08. The van der Waals surface area contributed by atoms with E-state index in [1.165, 1.54) is 4.90 Å². The van der Waals surface area contributed by atoms with E-state index in [0.29, 0.717) is 11.1 Å². The quantitative estimate of drug-likeness (QED) is 0.351. The largest absolute Gasteiger partial charge is 0.503 e. The number of para-hydroxylation sites is 1. The van der Waals surface area contributed by atoms with E-state index in [0.717, 1.165) is 15.4 Å². The van der Waals surface area contributed by atoms with Gasteiger partial charge in [-0.05, 0) is 35.4 Å². The maximum Gasteiger partial charge on any atom is 0.290 e. The maximum atomic E-state index is 13.5. The minimum atomic E-state index is -0.749. The third kappa shape index (κ3) is 3.52. The average molecular weight is 488 g/mol. The second kappa shape index (κ2) is 8.13. The van der Waals surface area contributed by atoms with E-state index in [1.54, 1.807) is 12.1 Å². The topological polar surface area (TPSA) is 70.8 Å². The predicted molar refractivity (Wildman–Crippen MR) is 124 cm³/mol. The molecule has 1 unspecified atom stereocenters. The lowest BCUT2D eigenvalue weighted by atomic mass is 9.95. The molecule has 32 heavy (non-hydrogen) atoms. The van der Waals surface area contributed by atoms with Gasteiger partial charge >= 0.3 is 0 Å². The lowest BCUT2D eigenvalue weighted by molar-refractivity contribution is -0.130. The summed E-state index contributed by atoms with van der Waals surface area (Å²) in [5.74, 6) is -1.55. The zero-order chi connectivity index (χ0) is 22.2. The van der Waals surface area contributed by atoms with Crippen LogP contribution in [-0.4, -0.2) is 21.7 Å². The highest BCUT2D eigenvalue weighted by Crippen LogP contribution is 2.41. The van der Waals surface area contributed by atoms with Gasteiger partial charge in [-0.3, -0.25) is 9.59 Å². The lowest BCUT2D eigenvalue weighted by Gasteiger charge is -2.27. The van der Waals surface area contributed by atoms with Gasteiger partial charge in [-0.2, -0.15) is 0 Å². The number of amides is 1. The number of furan rings is 1. The number of rotatable bonds is 5. The molecule has 0 bridgehead atoms. The summed E-state index contributed by atoms with van der Waals surface area (Å²) in [6, 6.07) is 25.0. The first kappa shape index (κ1) is 20.3. The first-order valence-corrected chi connectivity index (χ1v) is 10.9. The third-order valence-electron chi connectivity index (χ3n) is 5.56. The molecule has 158 valence electrons. The number of hydrogen-bond acceptors (Lipinski definition) is 4. The molecule has 1 N–H and O–H groups in total. The number of halogens is 1. The minimum Gasteiger partial charge on any atom is -0.503 e. The Balaban J connectivity index is 1.61. The molecule has 1 atom stereocenters. The summed E-state index contributed by atoms with van der Waals surface area (Å²) < 4.78 is 6.56. The second-order valence-corrected chi connectivity index (χ2v) is 8.53. The highest BCUT2D eigenvalue weighted by atomic mass is 79.9. The zero-order valence-corrected chi connectivity index (χ0v) is 18.5. The van der Waals surface area contributed by atoms with Crippen LogP contribution in [0.1, 0.15) is 27.7 Å². The van der Waals surface area contributed by atoms with Crippen molar-refractivity contribution >= 4 is 38.6 Å². The number of benzene rings is 3. The fraction of sp³-hybridized carbons (Fsp3) is 0.0769. The Bertz CT molecular complexity index is 1340. The summed E-state index contributed by atoms with van der Waals surface area (Å²) >= 11 is 3.47. The summed E-state index contributed by atoms with van der Waals surface area (Å²) in [7, 11) is 0. The lowest BCUT2D eigenvalue weighted by Crippen LogP contribution is -2.30. The van der Waals surface area contributed by atoms with Crippen LogP contribution in [0.25, 0.3) is 11.0 Å². The monoisotopic (exact) mass is 487 g/mol. The number of ketones is 1. The molecular weight excluding hydrogens is 470 g/mol. The molecule has 1 amide bonds. The number of Topliss-reactive ketones (excluding diaryl/α,β-unsaturated/α-hetero) is 1. The molecule has 0 spiro atoms. The van der Waals surface area contributed by atoms with Gasteiger partial charge in [0.1, 0.15) is 5.58 Å². The molecule has 1 aromatic heterocycles. The van der Waals surface area contributed by atoms with Crippen LogP contribution < -0.4 is 0 Å². The zero-order valence-electron chi connectivity index (χ0n) is 16.9.